The zero-order valence-corrected chi connectivity index (χ0v) is 31.9. The molecule has 0 fully saturated rings. The van der Waals surface area contributed by atoms with Gasteiger partial charge in [-0.3, -0.25) is 18.9 Å². The van der Waals surface area contributed by atoms with Crippen molar-refractivity contribution < 1.29 is 33.2 Å². The molecule has 0 radical (unpaired) electrons. The van der Waals surface area contributed by atoms with E-state index in [1.807, 2.05) is 72.8 Å². The molecule has 0 saturated heterocycles. The Kier molecular flexibility index (Phi) is 15.1. The third kappa shape index (κ3) is 12.4. The molecule has 12 nitrogen and oxygen atoms in total. The summed E-state index contributed by atoms with van der Waals surface area (Å²) in [5.74, 6) is -1.37. The molecule has 278 valence electrons. The summed E-state index contributed by atoms with van der Waals surface area (Å²) in [7, 11) is -2.34. The lowest BCUT2D eigenvalue weighted by molar-refractivity contribution is -0.150. The van der Waals surface area contributed by atoms with Gasteiger partial charge in [-0.25, -0.2) is 15.2 Å². The molecule has 0 spiro atoms. The highest BCUT2D eigenvalue weighted by atomic mass is 32.1. The van der Waals surface area contributed by atoms with Crippen LogP contribution >= 0.6 is 18.8 Å². The molecule has 3 aromatic carbocycles. The Balaban J connectivity index is 1.59. The second-order valence-electron chi connectivity index (χ2n) is 12.7. The number of nitrogen functional groups attached to an aromatic ring is 1. The quantitative estimate of drug-likeness (QED) is 0.0522. The number of benzene rings is 3. The van der Waals surface area contributed by atoms with Crippen molar-refractivity contribution in [2.24, 2.45) is 0 Å². The summed E-state index contributed by atoms with van der Waals surface area (Å²) in [4.78, 5) is 44.3. The summed E-state index contributed by atoms with van der Waals surface area (Å²) in [5.41, 5.74) is 9.79. The van der Waals surface area contributed by atoms with E-state index in [9.17, 15) is 18.9 Å². The SMILES string of the molecule is CNC(=O)c1ccc(-c2sc(N)nc2CCOCP(=O)(N[C@@H](Cc2ccccc2)C(=O)OC(C)C)N[C@@H](Cc2ccccc2)C(=O)OC(C)C)cc1. The standard InChI is InChI=1S/C38H48N5O7PS/c1-25(2)49-36(45)32(22-27-12-8-6-9-13-27)42-51(47,43-33(37(46)50-26(3)4)23-28-14-10-7-11-15-28)24-48-21-20-31-34(52-38(39)41-31)29-16-18-30(19-17-29)35(44)40-5/h6-19,25-26,32-33H,20-24H2,1-5H3,(H2,39,41)(H,40,44)(H2,42,43,47)/t32-,33-/m0/s1. The number of rotatable bonds is 19. The molecule has 0 aliphatic carbocycles. The largest absolute Gasteiger partial charge is 0.462 e. The van der Waals surface area contributed by atoms with Crippen molar-refractivity contribution in [1.82, 2.24) is 20.5 Å². The Morgan fingerprint density at radius 3 is 1.75 bits per heavy atom. The van der Waals surface area contributed by atoms with Gasteiger partial charge in [-0.15, -0.1) is 0 Å². The van der Waals surface area contributed by atoms with E-state index in [0.717, 1.165) is 21.6 Å². The molecule has 14 heteroatoms. The molecule has 52 heavy (non-hydrogen) atoms. The van der Waals surface area contributed by atoms with Crippen molar-refractivity contribution in [1.29, 1.82) is 0 Å². The van der Waals surface area contributed by atoms with E-state index in [4.69, 9.17) is 19.9 Å². The summed E-state index contributed by atoms with van der Waals surface area (Å²) >= 11 is 1.31. The van der Waals surface area contributed by atoms with Crippen molar-refractivity contribution in [3.05, 3.63) is 107 Å². The van der Waals surface area contributed by atoms with Crippen LogP contribution in [-0.2, 0) is 47.6 Å². The van der Waals surface area contributed by atoms with Gasteiger partial charge in [0.2, 0.25) is 7.44 Å². The van der Waals surface area contributed by atoms with E-state index >= 15 is 0 Å². The molecule has 0 saturated carbocycles. The number of nitrogens with zero attached hydrogens (tertiary/aromatic N) is 1. The maximum absolute atomic E-state index is 15.0. The van der Waals surface area contributed by atoms with E-state index in [2.05, 4.69) is 20.5 Å². The van der Waals surface area contributed by atoms with Crippen LogP contribution in [0.1, 0.15) is 54.9 Å². The van der Waals surface area contributed by atoms with Gasteiger partial charge in [0.15, 0.2) is 5.13 Å². The highest BCUT2D eigenvalue weighted by Crippen LogP contribution is 2.39. The number of anilines is 1. The predicted octanol–water partition coefficient (Wildman–Crippen LogP) is 5.77. The molecule has 0 aliphatic rings. The number of amides is 1. The van der Waals surface area contributed by atoms with Crippen LogP contribution in [0, 0.1) is 0 Å². The second-order valence-corrected chi connectivity index (χ2v) is 16.0. The van der Waals surface area contributed by atoms with E-state index in [1.165, 1.54) is 11.3 Å². The van der Waals surface area contributed by atoms with Gasteiger partial charge in [0.05, 0.1) is 29.4 Å². The van der Waals surface area contributed by atoms with Crippen LogP contribution in [0.4, 0.5) is 5.13 Å². The average molecular weight is 750 g/mol. The molecule has 0 aliphatic heterocycles. The number of hydrogen-bond donors (Lipinski definition) is 4. The fourth-order valence-corrected chi connectivity index (χ4v) is 8.25. The lowest BCUT2D eigenvalue weighted by Gasteiger charge is -2.29. The minimum Gasteiger partial charge on any atom is -0.462 e. The number of nitrogens with one attached hydrogen (secondary N) is 3. The van der Waals surface area contributed by atoms with Crippen molar-refractivity contribution in [3.8, 4) is 10.4 Å². The Morgan fingerprint density at radius 1 is 0.788 bits per heavy atom. The Hall–Kier alpha value is -4.39. The summed E-state index contributed by atoms with van der Waals surface area (Å²) < 4.78 is 32.2. The van der Waals surface area contributed by atoms with Crippen molar-refractivity contribution in [3.63, 3.8) is 0 Å². The molecule has 0 unspecified atom stereocenters. The lowest BCUT2D eigenvalue weighted by Crippen LogP contribution is -2.47. The van der Waals surface area contributed by atoms with E-state index in [1.54, 1.807) is 46.9 Å². The molecule has 4 aromatic rings. The van der Waals surface area contributed by atoms with Crippen LogP contribution in [0.5, 0.6) is 0 Å². The molecule has 1 aromatic heterocycles. The normalized spacial score (nSPS) is 12.8. The first-order valence-corrected chi connectivity index (χ1v) is 19.9. The highest BCUT2D eigenvalue weighted by Gasteiger charge is 2.36. The minimum atomic E-state index is -3.91. The number of hydrogen-bond acceptors (Lipinski definition) is 10. The average Bonchev–Trinajstić information content (AvgIpc) is 3.49. The van der Waals surface area contributed by atoms with Gasteiger partial charge in [-0.2, -0.15) is 0 Å². The monoisotopic (exact) mass is 749 g/mol. The maximum atomic E-state index is 15.0. The highest BCUT2D eigenvalue weighted by molar-refractivity contribution is 7.59. The first kappa shape index (κ1) is 40.4. The van der Waals surface area contributed by atoms with Crippen LogP contribution < -0.4 is 21.2 Å². The summed E-state index contributed by atoms with van der Waals surface area (Å²) in [6.45, 7) is 7.06. The summed E-state index contributed by atoms with van der Waals surface area (Å²) in [5, 5.41) is 9.06. The minimum absolute atomic E-state index is 0.0967. The molecule has 1 heterocycles. The predicted molar refractivity (Wildman–Crippen MR) is 204 cm³/mol. The van der Waals surface area contributed by atoms with Gasteiger partial charge in [-0.05, 0) is 69.4 Å². The van der Waals surface area contributed by atoms with Crippen LogP contribution in [0.15, 0.2) is 84.9 Å². The van der Waals surface area contributed by atoms with Crippen molar-refractivity contribution >= 4 is 41.8 Å². The number of carbonyl (C=O) groups is 3. The maximum Gasteiger partial charge on any atom is 0.324 e. The van der Waals surface area contributed by atoms with E-state index in [-0.39, 0.29) is 31.7 Å². The number of thiazole rings is 1. The molecule has 1 amide bonds. The first-order valence-electron chi connectivity index (χ1n) is 17.1. The van der Waals surface area contributed by atoms with Gasteiger partial charge in [-0.1, -0.05) is 84.1 Å². The van der Waals surface area contributed by atoms with Crippen LogP contribution in [0.3, 0.4) is 0 Å². The molecule has 2 atom stereocenters. The number of esters is 2. The third-order valence-electron chi connectivity index (χ3n) is 7.67. The molecular weight excluding hydrogens is 701 g/mol. The van der Waals surface area contributed by atoms with Gasteiger partial charge in [0, 0.05) is 19.0 Å². The smallest absolute Gasteiger partial charge is 0.324 e. The number of aromatic nitrogens is 1. The zero-order valence-electron chi connectivity index (χ0n) is 30.2. The Morgan fingerprint density at radius 2 is 1.29 bits per heavy atom. The number of nitrogens with two attached hydrogens (primary N) is 1. The fourth-order valence-electron chi connectivity index (χ4n) is 5.35. The van der Waals surface area contributed by atoms with Crippen LogP contribution in [0.2, 0.25) is 0 Å². The fraction of sp³-hybridized carbons (Fsp3) is 0.368. The molecular formula is C38H48N5O7PS. The topological polar surface area (TPSA) is 171 Å². The van der Waals surface area contributed by atoms with Crippen molar-refractivity contribution in [2.75, 3.05) is 25.7 Å². The van der Waals surface area contributed by atoms with E-state index < -0.39 is 43.7 Å². The summed E-state index contributed by atoms with van der Waals surface area (Å²) in [6.07, 6.45) is -0.517. The first-order chi connectivity index (χ1) is 24.9. The third-order valence-corrected chi connectivity index (χ3v) is 10.7. The lowest BCUT2D eigenvalue weighted by atomic mass is 10.1. The van der Waals surface area contributed by atoms with Crippen LogP contribution in [-0.4, -0.2) is 67.1 Å². The molecule has 5 N–H and O–H groups in total. The second kappa shape index (κ2) is 19.4. The van der Waals surface area contributed by atoms with Gasteiger partial charge >= 0.3 is 11.9 Å². The van der Waals surface area contributed by atoms with E-state index in [0.29, 0.717) is 22.8 Å². The summed E-state index contributed by atoms with van der Waals surface area (Å²) in [6, 6.07) is 23.7. The van der Waals surface area contributed by atoms with Gasteiger partial charge < -0.3 is 25.3 Å². The van der Waals surface area contributed by atoms with Crippen molar-refractivity contribution in [2.45, 2.75) is 71.2 Å². The molecule has 4 rings (SSSR count). The Labute approximate surface area is 309 Å². The Bertz CT molecular complexity index is 1730. The zero-order chi connectivity index (χ0) is 37.7. The molecule has 0 bridgehead atoms. The van der Waals surface area contributed by atoms with Gasteiger partial charge in [0.1, 0.15) is 18.4 Å². The van der Waals surface area contributed by atoms with Gasteiger partial charge in [0.25, 0.3) is 5.91 Å². The number of carbonyl (C=O) groups excluding carboxylic acids is 3. The number of ether oxygens (including phenoxy) is 3. The van der Waals surface area contributed by atoms with Crippen LogP contribution in [0.25, 0.3) is 10.4 Å².